The van der Waals surface area contributed by atoms with Crippen LogP contribution >= 0.6 is 23.1 Å². The van der Waals surface area contributed by atoms with Gasteiger partial charge in [0.25, 0.3) is 0 Å². The van der Waals surface area contributed by atoms with Crippen molar-refractivity contribution in [3.05, 3.63) is 32.7 Å². The Hall–Kier alpha value is -1.88. The highest BCUT2D eigenvalue weighted by atomic mass is 32.2. The summed E-state index contributed by atoms with van der Waals surface area (Å²) in [5, 5.41) is 10.3. The number of β-lactam (4-membered cyclic amide) rings is 1. The fraction of sp³-hybridized carbons (Fsp3) is 0.679. The van der Waals surface area contributed by atoms with Crippen molar-refractivity contribution in [1.29, 1.82) is 0 Å². The summed E-state index contributed by atoms with van der Waals surface area (Å²) in [6.07, 6.45) is 0.489. The van der Waals surface area contributed by atoms with Crippen LogP contribution in [0.4, 0.5) is 0 Å². The number of fused-ring (bicyclic) bond motifs is 2. The lowest BCUT2D eigenvalue weighted by molar-refractivity contribution is -0.160. The van der Waals surface area contributed by atoms with E-state index in [2.05, 4.69) is 62.8 Å². The average molecular weight is 563 g/mol. The second-order valence-electron chi connectivity index (χ2n) is 11.3. The van der Waals surface area contributed by atoms with Gasteiger partial charge in [0.1, 0.15) is 16.4 Å². The van der Waals surface area contributed by atoms with Gasteiger partial charge in [-0.3, -0.25) is 14.1 Å². The third-order valence-corrected chi connectivity index (χ3v) is 11.1. The number of ether oxygens (including phenoxy) is 1. The number of carbonyl (C=O) groups is 2. The van der Waals surface area contributed by atoms with Gasteiger partial charge in [-0.1, -0.05) is 20.8 Å². The number of carbonyl (C=O) groups excluding carboxylic acids is 2. The molecule has 0 radical (unpaired) electrons. The first kappa shape index (κ1) is 29.1. The minimum atomic E-state index is -0.421. The van der Waals surface area contributed by atoms with Crippen molar-refractivity contribution in [1.82, 2.24) is 19.2 Å². The van der Waals surface area contributed by atoms with E-state index in [1.807, 2.05) is 25.3 Å². The van der Waals surface area contributed by atoms with E-state index in [0.29, 0.717) is 10.9 Å². The van der Waals surface area contributed by atoms with Crippen molar-refractivity contribution in [3.63, 3.8) is 0 Å². The molecule has 0 aliphatic carbocycles. The lowest BCUT2D eigenvalue weighted by Crippen LogP contribution is -2.62. The summed E-state index contributed by atoms with van der Waals surface area (Å²) in [6.45, 7) is 17.3. The SMILES string of the molecule is COC(=O)C1=C(SC2CC(C(C)O)N(C)C2)[C@H](C)C2C(C(C)C)C(=O)N12.Cc1sc2c(C)nc(C)n2c1C. The molecule has 0 bridgehead atoms. The van der Waals surface area contributed by atoms with Crippen molar-refractivity contribution in [2.24, 2.45) is 17.8 Å². The molecule has 2 saturated heterocycles. The average Bonchev–Trinajstić information content (AvgIpc) is 3.51. The van der Waals surface area contributed by atoms with E-state index < -0.39 is 5.97 Å². The Labute approximate surface area is 234 Å². The zero-order valence-electron chi connectivity index (χ0n) is 24.2. The number of imidazole rings is 1. The molecule has 10 heteroatoms. The number of amides is 1. The molecule has 2 fully saturated rings. The molecule has 8 nitrogen and oxygen atoms in total. The van der Waals surface area contributed by atoms with Crippen molar-refractivity contribution in [3.8, 4) is 0 Å². The third-order valence-electron chi connectivity index (χ3n) is 8.36. The van der Waals surface area contributed by atoms with Gasteiger partial charge in [-0.05, 0) is 54.0 Å². The zero-order valence-corrected chi connectivity index (χ0v) is 25.9. The standard InChI is InChI=1S/C19H30N2O4S.C9H12N2S/c1-9(2)14-15-10(3)17(16(19(24)25-6)21(15)18(14)23)26-12-7-13(11(4)22)20(5)8-12;1-5-9-11(8(4)10-5)6(2)7(3)12-9/h9-15,22H,7-8H2,1-6H3;1-4H3/t10-,11?,12?,13?,14?,15?;/m1./s1. The van der Waals surface area contributed by atoms with E-state index in [9.17, 15) is 14.7 Å². The molecule has 2 aromatic rings. The number of likely N-dealkylation sites (tertiary alicyclic amines) is 1. The van der Waals surface area contributed by atoms with Gasteiger partial charge >= 0.3 is 5.97 Å². The smallest absolute Gasteiger partial charge is 0.355 e. The molecule has 0 saturated carbocycles. The predicted molar refractivity (Wildman–Crippen MR) is 153 cm³/mol. The van der Waals surface area contributed by atoms with E-state index in [0.717, 1.165) is 29.4 Å². The number of nitrogens with zero attached hydrogens (tertiary/aromatic N) is 4. The second kappa shape index (κ2) is 10.9. The minimum Gasteiger partial charge on any atom is -0.464 e. The van der Waals surface area contributed by atoms with Crippen molar-refractivity contribution < 1.29 is 19.4 Å². The summed E-state index contributed by atoms with van der Waals surface area (Å²) in [7, 11) is 3.39. The van der Waals surface area contributed by atoms with Crippen molar-refractivity contribution in [2.75, 3.05) is 20.7 Å². The number of hydrogen-bond donors (Lipinski definition) is 1. The molecule has 5 rings (SSSR count). The molecule has 6 atom stereocenters. The van der Waals surface area contributed by atoms with Crippen LogP contribution in [0.25, 0.3) is 4.83 Å². The summed E-state index contributed by atoms with van der Waals surface area (Å²) in [5.41, 5.74) is 2.92. The Morgan fingerprint density at radius 3 is 2.39 bits per heavy atom. The minimum absolute atomic E-state index is 0.0285. The highest BCUT2D eigenvalue weighted by Gasteiger charge is 2.59. The Bertz CT molecular complexity index is 1260. The van der Waals surface area contributed by atoms with Crippen LogP contribution in [0.15, 0.2) is 10.6 Å². The number of methoxy groups -OCH3 is 1. The van der Waals surface area contributed by atoms with E-state index in [-0.39, 0.29) is 41.8 Å². The van der Waals surface area contributed by atoms with Gasteiger partial charge in [0.05, 0.1) is 30.9 Å². The van der Waals surface area contributed by atoms with Crippen LogP contribution in [0, 0.1) is 45.4 Å². The molecule has 3 aliphatic heterocycles. The first-order valence-corrected chi connectivity index (χ1v) is 15.1. The highest BCUT2D eigenvalue weighted by molar-refractivity contribution is 8.03. The number of likely N-dealkylation sites (N-methyl/N-ethyl adjacent to an activating group) is 1. The van der Waals surface area contributed by atoms with Crippen LogP contribution < -0.4 is 0 Å². The van der Waals surface area contributed by atoms with Crippen LogP contribution in [-0.4, -0.2) is 80.3 Å². The summed E-state index contributed by atoms with van der Waals surface area (Å²) < 4.78 is 7.23. The molecule has 38 heavy (non-hydrogen) atoms. The number of aryl methyl sites for hydroxylation is 4. The van der Waals surface area contributed by atoms with E-state index in [1.54, 1.807) is 16.7 Å². The Kier molecular flexibility index (Phi) is 8.38. The lowest BCUT2D eigenvalue weighted by Gasteiger charge is -2.47. The van der Waals surface area contributed by atoms with Crippen LogP contribution in [0.3, 0.4) is 0 Å². The molecular weight excluding hydrogens is 520 g/mol. The van der Waals surface area contributed by atoms with E-state index in [1.165, 1.54) is 22.5 Å². The Balaban J connectivity index is 0.000000232. The van der Waals surface area contributed by atoms with E-state index >= 15 is 0 Å². The largest absolute Gasteiger partial charge is 0.464 e. The van der Waals surface area contributed by atoms with Gasteiger partial charge in [-0.2, -0.15) is 0 Å². The molecule has 1 amide bonds. The topological polar surface area (TPSA) is 87.4 Å². The molecule has 1 N–H and O–H groups in total. The Morgan fingerprint density at radius 2 is 1.87 bits per heavy atom. The maximum absolute atomic E-state index is 12.7. The lowest BCUT2D eigenvalue weighted by atomic mass is 9.75. The highest BCUT2D eigenvalue weighted by Crippen LogP contribution is 2.53. The van der Waals surface area contributed by atoms with Gasteiger partial charge in [0.2, 0.25) is 5.91 Å². The summed E-state index contributed by atoms with van der Waals surface area (Å²) in [4.78, 5) is 37.1. The third kappa shape index (κ3) is 4.82. The zero-order chi connectivity index (χ0) is 28.2. The quantitative estimate of drug-likeness (QED) is 0.429. The molecule has 0 aromatic carbocycles. The summed E-state index contributed by atoms with van der Waals surface area (Å²) >= 11 is 3.52. The number of esters is 1. The number of aliphatic hydroxyl groups excluding tert-OH is 1. The predicted octanol–water partition coefficient (Wildman–Crippen LogP) is 4.32. The number of aromatic nitrogens is 2. The first-order valence-electron chi connectivity index (χ1n) is 13.4. The van der Waals surface area contributed by atoms with Gasteiger partial charge in [-0.15, -0.1) is 23.1 Å². The maximum atomic E-state index is 12.7. The molecule has 5 unspecified atom stereocenters. The molecule has 3 aliphatic rings. The number of thioether (sulfide) groups is 1. The monoisotopic (exact) mass is 562 g/mol. The molecule has 0 spiro atoms. The molecule has 210 valence electrons. The summed E-state index contributed by atoms with van der Waals surface area (Å²) in [6, 6.07) is 0.194. The summed E-state index contributed by atoms with van der Waals surface area (Å²) in [5.74, 6) is 1.08. The fourth-order valence-electron chi connectivity index (χ4n) is 6.30. The van der Waals surface area contributed by atoms with Crippen molar-refractivity contribution in [2.45, 2.75) is 85.2 Å². The van der Waals surface area contributed by atoms with E-state index in [4.69, 9.17) is 4.74 Å². The molecule has 2 aromatic heterocycles. The number of thiazole rings is 1. The first-order chi connectivity index (χ1) is 17.8. The number of aliphatic hydroxyl groups is 1. The van der Waals surface area contributed by atoms with Gasteiger partial charge in [0.15, 0.2) is 0 Å². The van der Waals surface area contributed by atoms with Crippen LogP contribution in [0.2, 0.25) is 0 Å². The molecular formula is C28H42N4O4S2. The van der Waals surface area contributed by atoms with Gasteiger partial charge < -0.3 is 14.7 Å². The molecule has 5 heterocycles. The van der Waals surface area contributed by atoms with Crippen LogP contribution in [-0.2, 0) is 14.3 Å². The number of rotatable bonds is 5. The fourth-order valence-corrected chi connectivity index (χ4v) is 9.00. The van der Waals surface area contributed by atoms with Crippen LogP contribution in [0.5, 0.6) is 0 Å². The number of hydrogen-bond acceptors (Lipinski definition) is 8. The van der Waals surface area contributed by atoms with Crippen molar-refractivity contribution >= 4 is 39.8 Å². The maximum Gasteiger partial charge on any atom is 0.355 e. The second-order valence-corrected chi connectivity index (χ2v) is 13.9. The van der Waals surface area contributed by atoms with Crippen LogP contribution in [0.1, 0.15) is 56.2 Å². The Morgan fingerprint density at radius 1 is 1.21 bits per heavy atom. The van der Waals surface area contributed by atoms with Gasteiger partial charge in [0, 0.05) is 39.2 Å². The normalized spacial score (nSPS) is 28.1. The van der Waals surface area contributed by atoms with Gasteiger partial charge in [-0.25, -0.2) is 9.78 Å².